The van der Waals surface area contributed by atoms with E-state index in [9.17, 15) is 9.59 Å². The third-order valence-electron chi connectivity index (χ3n) is 4.28. The van der Waals surface area contributed by atoms with Gasteiger partial charge in [0.25, 0.3) is 5.91 Å². The number of ether oxygens (including phenoxy) is 1. The lowest BCUT2D eigenvalue weighted by molar-refractivity contribution is -0.124. The molecule has 1 unspecified atom stereocenters. The second kappa shape index (κ2) is 6.80. The monoisotopic (exact) mass is 340 g/mol. The van der Waals surface area contributed by atoms with Crippen LogP contribution in [0.3, 0.4) is 0 Å². The van der Waals surface area contributed by atoms with Gasteiger partial charge in [-0.1, -0.05) is 6.07 Å². The van der Waals surface area contributed by atoms with E-state index in [1.165, 1.54) is 17.2 Å². The highest BCUT2D eigenvalue weighted by Crippen LogP contribution is 2.25. The maximum absolute atomic E-state index is 12.8. The molecule has 2 amide bonds. The first kappa shape index (κ1) is 16.8. The standard InChI is InChI=1S/C18H20N4O3/c1-12-17(23)22(14-4-3-5-15(11-14)25-2)9-8-21(12)18(24)16-10-13(19)6-7-20-16/h3-7,10-12H,8-9H2,1-2H3,(H2,19,20). The van der Waals surface area contributed by atoms with Crippen LogP contribution in [-0.2, 0) is 4.79 Å². The number of nitrogens with zero attached hydrogens (tertiary/aromatic N) is 3. The molecule has 2 aromatic rings. The summed E-state index contributed by atoms with van der Waals surface area (Å²) in [6.07, 6.45) is 1.49. The van der Waals surface area contributed by atoms with Gasteiger partial charge in [-0.05, 0) is 31.2 Å². The maximum Gasteiger partial charge on any atom is 0.273 e. The Morgan fingerprint density at radius 2 is 2.08 bits per heavy atom. The smallest absolute Gasteiger partial charge is 0.273 e. The molecule has 2 heterocycles. The number of methoxy groups -OCH3 is 1. The number of pyridine rings is 1. The molecule has 0 spiro atoms. The molecular weight excluding hydrogens is 320 g/mol. The van der Waals surface area contributed by atoms with E-state index >= 15 is 0 Å². The van der Waals surface area contributed by atoms with Crippen LogP contribution in [0.2, 0.25) is 0 Å². The molecule has 3 rings (SSSR count). The van der Waals surface area contributed by atoms with Crippen molar-refractivity contribution in [3.8, 4) is 5.75 Å². The van der Waals surface area contributed by atoms with Gasteiger partial charge in [0.05, 0.1) is 7.11 Å². The van der Waals surface area contributed by atoms with Crippen molar-refractivity contribution in [1.29, 1.82) is 0 Å². The van der Waals surface area contributed by atoms with Gasteiger partial charge in [-0.3, -0.25) is 14.6 Å². The van der Waals surface area contributed by atoms with Crippen LogP contribution in [0.1, 0.15) is 17.4 Å². The van der Waals surface area contributed by atoms with Crippen LogP contribution in [0.15, 0.2) is 42.6 Å². The van der Waals surface area contributed by atoms with Crippen molar-refractivity contribution in [3.63, 3.8) is 0 Å². The van der Waals surface area contributed by atoms with E-state index in [1.807, 2.05) is 24.3 Å². The number of aromatic nitrogens is 1. The Morgan fingerprint density at radius 3 is 2.80 bits per heavy atom. The number of nitrogen functional groups attached to an aromatic ring is 1. The molecule has 1 aromatic heterocycles. The third kappa shape index (κ3) is 3.26. The van der Waals surface area contributed by atoms with Crippen LogP contribution < -0.4 is 15.4 Å². The molecule has 1 aliphatic heterocycles. The van der Waals surface area contributed by atoms with Crippen LogP contribution >= 0.6 is 0 Å². The van der Waals surface area contributed by atoms with Gasteiger partial charge >= 0.3 is 0 Å². The van der Waals surface area contributed by atoms with E-state index < -0.39 is 6.04 Å². The minimum absolute atomic E-state index is 0.142. The van der Waals surface area contributed by atoms with Gasteiger partial charge < -0.3 is 20.3 Å². The fraction of sp³-hybridized carbons (Fsp3) is 0.278. The number of nitrogens with two attached hydrogens (primary N) is 1. The molecule has 2 N–H and O–H groups in total. The fourth-order valence-electron chi connectivity index (χ4n) is 2.89. The normalized spacial score (nSPS) is 17.5. The summed E-state index contributed by atoms with van der Waals surface area (Å²) in [5.74, 6) is 0.246. The van der Waals surface area contributed by atoms with E-state index in [-0.39, 0.29) is 17.5 Å². The summed E-state index contributed by atoms with van der Waals surface area (Å²) >= 11 is 0. The van der Waals surface area contributed by atoms with Crippen LogP contribution in [0.25, 0.3) is 0 Å². The fourth-order valence-corrected chi connectivity index (χ4v) is 2.89. The summed E-state index contributed by atoms with van der Waals surface area (Å²) in [5, 5.41) is 0. The minimum atomic E-state index is -0.587. The van der Waals surface area contributed by atoms with Crippen LogP contribution in [-0.4, -0.2) is 47.9 Å². The molecule has 1 atom stereocenters. The predicted octanol–water partition coefficient (Wildman–Crippen LogP) is 1.55. The molecule has 1 aromatic carbocycles. The zero-order valence-electron chi connectivity index (χ0n) is 14.2. The quantitative estimate of drug-likeness (QED) is 0.916. The summed E-state index contributed by atoms with van der Waals surface area (Å²) in [7, 11) is 1.58. The van der Waals surface area contributed by atoms with Crippen molar-refractivity contribution in [2.45, 2.75) is 13.0 Å². The molecule has 25 heavy (non-hydrogen) atoms. The van der Waals surface area contributed by atoms with Gasteiger partial charge in [-0.15, -0.1) is 0 Å². The first-order chi connectivity index (χ1) is 12.0. The van der Waals surface area contributed by atoms with Crippen LogP contribution in [0.5, 0.6) is 5.75 Å². The number of benzene rings is 1. The number of rotatable bonds is 3. The Hall–Kier alpha value is -3.09. The lowest BCUT2D eigenvalue weighted by Gasteiger charge is -2.39. The van der Waals surface area contributed by atoms with E-state index in [1.54, 1.807) is 25.0 Å². The first-order valence-corrected chi connectivity index (χ1v) is 7.99. The molecule has 130 valence electrons. The number of amides is 2. The Balaban J connectivity index is 1.80. The highest BCUT2D eigenvalue weighted by molar-refractivity contribution is 6.03. The Labute approximate surface area is 146 Å². The Bertz CT molecular complexity index is 808. The minimum Gasteiger partial charge on any atom is -0.497 e. The third-order valence-corrected chi connectivity index (χ3v) is 4.28. The molecule has 0 aliphatic carbocycles. The highest BCUT2D eigenvalue weighted by atomic mass is 16.5. The summed E-state index contributed by atoms with van der Waals surface area (Å²) in [4.78, 5) is 32.7. The molecule has 1 aliphatic rings. The SMILES string of the molecule is COc1cccc(N2CCN(C(=O)c3cc(N)ccn3)C(C)C2=O)c1. The molecule has 0 radical (unpaired) electrons. The van der Waals surface area contributed by atoms with E-state index in [2.05, 4.69) is 4.98 Å². The van der Waals surface area contributed by atoms with Crippen molar-refractivity contribution in [3.05, 3.63) is 48.3 Å². The number of anilines is 2. The zero-order valence-corrected chi connectivity index (χ0v) is 14.2. The highest BCUT2D eigenvalue weighted by Gasteiger charge is 2.35. The second-order valence-electron chi connectivity index (χ2n) is 5.84. The Kier molecular flexibility index (Phi) is 4.56. The van der Waals surface area contributed by atoms with E-state index in [4.69, 9.17) is 10.5 Å². The predicted molar refractivity (Wildman–Crippen MR) is 94.5 cm³/mol. The lowest BCUT2D eigenvalue weighted by Crippen LogP contribution is -2.57. The van der Waals surface area contributed by atoms with Gasteiger partial charge in [0.2, 0.25) is 5.91 Å². The van der Waals surface area contributed by atoms with Gasteiger partial charge in [-0.25, -0.2) is 0 Å². The topological polar surface area (TPSA) is 88.8 Å². The second-order valence-corrected chi connectivity index (χ2v) is 5.84. The van der Waals surface area contributed by atoms with Crippen molar-refractivity contribution in [2.24, 2.45) is 0 Å². The average Bonchev–Trinajstić information content (AvgIpc) is 2.63. The molecule has 7 nitrogen and oxygen atoms in total. The molecule has 1 saturated heterocycles. The number of hydrogen-bond acceptors (Lipinski definition) is 5. The largest absolute Gasteiger partial charge is 0.497 e. The molecule has 0 bridgehead atoms. The molecular formula is C18H20N4O3. The van der Waals surface area contributed by atoms with Crippen LogP contribution in [0, 0.1) is 0 Å². The van der Waals surface area contributed by atoms with E-state index in [0.29, 0.717) is 24.5 Å². The van der Waals surface area contributed by atoms with Crippen molar-refractivity contribution in [2.75, 3.05) is 30.8 Å². The van der Waals surface area contributed by atoms with Gasteiger partial charge in [-0.2, -0.15) is 0 Å². The summed E-state index contributed by atoms with van der Waals surface area (Å²) in [6.45, 7) is 2.54. The number of carbonyl (C=O) groups excluding carboxylic acids is 2. The Morgan fingerprint density at radius 1 is 1.28 bits per heavy atom. The molecule has 0 saturated carbocycles. The maximum atomic E-state index is 12.8. The van der Waals surface area contributed by atoms with Gasteiger partial charge in [0.15, 0.2) is 0 Å². The first-order valence-electron chi connectivity index (χ1n) is 7.99. The van der Waals surface area contributed by atoms with Gasteiger partial charge in [0, 0.05) is 36.7 Å². The molecule has 7 heteroatoms. The number of carbonyl (C=O) groups is 2. The number of piperazine rings is 1. The van der Waals surface area contributed by atoms with Crippen molar-refractivity contribution in [1.82, 2.24) is 9.88 Å². The summed E-state index contributed by atoms with van der Waals surface area (Å²) in [6, 6.07) is 9.87. The van der Waals surface area contributed by atoms with Gasteiger partial charge in [0.1, 0.15) is 17.5 Å². The summed E-state index contributed by atoms with van der Waals surface area (Å²) in [5.41, 5.74) is 7.18. The lowest BCUT2D eigenvalue weighted by atomic mass is 10.1. The number of hydrogen-bond donors (Lipinski definition) is 1. The van der Waals surface area contributed by atoms with Crippen molar-refractivity contribution < 1.29 is 14.3 Å². The molecule has 1 fully saturated rings. The van der Waals surface area contributed by atoms with Crippen molar-refractivity contribution >= 4 is 23.2 Å². The van der Waals surface area contributed by atoms with Crippen LogP contribution in [0.4, 0.5) is 11.4 Å². The zero-order chi connectivity index (χ0) is 18.0. The summed E-state index contributed by atoms with van der Waals surface area (Å²) < 4.78 is 5.21. The van der Waals surface area contributed by atoms with E-state index in [0.717, 1.165) is 5.69 Å². The average molecular weight is 340 g/mol.